The summed E-state index contributed by atoms with van der Waals surface area (Å²) in [6.07, 6.45) is 4.34. The summed E-state index contributed by atoms with van der Waals surface area (Å²) in [7, 11) is 0. The van der Waals surface area contributed by atoms with Gasteiger partial charge in [-0.25, -0.2) is 0 Å². The van der Waals surface area contributed by atoms with E-state index in [1.807, 2.05) is 36.1 Å². The van der Waals surface area contributed by atoms with Gasteiger partial charge in [0.15, 0.2) is 0 Å². The second-order valence-corrected chi connectivity index (χ2v) is 5.50. The quantitative estimate of drug-likeness (QED) is 0.875. The maximum absolute atomic E-state index is 12.5. The van der Waals surface area contributed by atoms with E-state index in [0.29, 0.717) is 19.4 Å². The number of hydrogen-bond donors (Lipinski definition) is 1. The molecule has 0 aromatic heterocycles. The SMILES string of the molecule is CCOc1ccc(CC(=O)N2CCCCC2CCO)cc1. The molecule has 0 bridgehead atoms. The summed E-state index contributed by atoms with van der Waals surface area (Å²) in [4.78, 5) is 14.4. The third-order valence-corrected chi connectivity index (χ3v) is 4.00. The fraction of sp³-hybridized carbons (Fsp3) is 0.588. The topological polar surface area (TPSA) is 49.8 Å². The van der Waals surface area contributed by atoms with Crippen LogP contribution in [0.3, 0.4) is 0 Å². The molecule has 1 amide bonds. The summed E-state index contributed by atoms with van der Waals surface area (Å²) in [6.45, 7) is 3.57. The minimum atomic E-state index is 0.150. The molecule has 1 aromatic rings. The summed E-state index contributed by atoms with van der Waals surface area (Å²) < 4.78 is 5.41. The molecule has 1 saturated heterocycles. The van der Waals surface area contributed by atoms with E-state index in [0.717, 1.165) is 37.1 Å². The number of piperidine rings is 1. The number of carbonyl (C=O) groups excluding carboxylic acids is 1. The first kappa shape index (κ1) is 15.8. The molecule has 0 radical (unpaired) electrons. The summed E-state index contributed by atoms with van der Waals surface area (Å²) >= 11 is 0. The maximum Gasteiger partial charge on any atom is 0.227 e. The molecule has 1 aliphatic rings. The molecule has 1 N–H and O–H groups in total. The van der Waals surface area contributed by atoms with E-state index in [1.165, 1.54) is 0 Å². The summed E-state index contributed by atoms with van der Waals surface area (Å²) in [6, 6.07) is 7.93. The first-order chi connectivity index (χ1) is 10.2. The predicted molar refractivity (Wildman–Crippen MR) is 82.4 cm³/mol. The summed E-state index contributed by atoms with van der Waals surface area (Å²) in [5, 5.41) is 9.14. The number of aliphatic hydroxyl groups is 1. The van der Waals surface area contributed by atoms with E-state index >= 15 is 0 Å². The molecule has 1 unspecified atom stereocenters. The van der Waals surface area contributed by atoms with Gasteiger partial charge in [-0.05, 0) is 50.3 Å². The lowest BCUT2D eigenvalue weighted by Gasteiger charge is -2.35. The molecule has 1 aromatic carbocycles. The van der Waals surface area contributed by atoms with Crippen molar-refractivity contribution in [1.29, 1.82) is 0 Å². The highest BCUT2D eigenvalue weighted by Gasteiger charge is 2.25. The lowest BCUT2D eigenvalue weighted by Crippen LogP contribution is -2.44. The van der Waals surface area contributed by atoms with Crippen LogP contribution in [0, 0.1) is 0 Å². The first-order valence-electron chi connectivity index (χ1n) is 7.86. The van der Waals surface area contributed by atoms with E-state index in [9.17, 15) is 4.79 Å². The minimum absolute atomic E-state index is 0.150. The second-order valence-electron chi connectivity index (χ2n) is 5.50. The number of benzene rings is 1. The zero-order chi connectivity index (χ0) is 15.1. The van der Waals surface area contributed by atoms with E-state index in [4.69, 9.17) is 9.84 Å². The number of aliphatic hydroxyl groups excluding tert-OH is 1. The molecule has 0 saturated carbocycles. The molecule has 0 spiro atoms. The van der Waals surface area contributed by atoms with Gasteiger partial charge in [0.25, 0.3) is 0 Å². The van der Waals surface area contributed by atoms with E-state index < -0.39 is 0 Å². The van der Waals surface area contributed by atoms with Crippen molar-refractivity contribution in [2.75, 3.05) is 19.8 Å². The first-order valence-corrected chi connectivity index (χ1v) is 7.86. The third-order valence-electron chi connectivity index (χ3n) is 4.00. The van der Waals surface area contributed by atoms with Gasteiger partial charge in [-0.1, -0.05) is 12.1 Å². The molecule has 1 heterocycles. The average molecular weight is 291 g/mol. The molecular weight excluding hydrogens is 266 g/mol. The highest BCUT2D eigenvalue weighted by atomic mass is 16.5. The van der Waals surface area contributed by atoms with Crippen LogP contribution in [-0.4, -0.2) is 41.7 Å². The Hall–Kier alpha value is -1.55. The van der Waals surface area contributed by atoms with Gasteiger partial charge < -0.3 is 14.7 Å². The van der Waals surface area contributed by atoms with Crippen LogP contribution in [0.15, 0.2) is 24.3 Å². The predicted octanol–water partition coefficient (Wildman–Crippen LogP) is 2.39. The normalized spacial score (nSPS) is 18.6. The van der Waals surface area contributed by atoms with Gasteiger partial charge in [0.1, 0.15) is 5.75 Å². The van der Waals surface area contributed by atoms with Gasteiger partial charge in [0, 0.05) is 19.2 Å². The van der Waals surface area contributed by atoms with Crippen molar-refractivity contribution in [2.45, 2.75) is 45.1 Å². The third kappa shape index (κ3) is 4.46. The van der Waals surface area contributed by atoms with Crippen LogP contribution in [0.2, 0.25) is 0 Å². The standard InChI is InChI=1S/C17H25NO3/c1-2-21-16-8-6-14(7-9-16)13-17(20)18-11-4-3-5-15(18)10-12-19/h6-9,15,19H,2-5,10-13H2,1H3. The van der Waals surface area contributed by atoms with Gasteiger partial charge in [-0.15, -0.1) is 0 Å². The van der Waals surface area contributed by atoms with Crippen molar-refractivity contribution >= 4 is 5.91 Å². The molecule has 1 aliphatic heterocycles. The number of ether oxygens (including phenoxy) is 1. The Morgan fingerprint density at radius 1 is 1.33 bits per heavy atom. The van der Waals surface area contributed by atoms with Gasteiger partial charge in [-0.2, -0.15) is 0 Å². The van der Waals surface area contributed by atoms with Crippen molar-refractivity contribution in [2.24, 2.45) is 0 Å². The zero-order valence-corrected chi connectivity index (χ0v) is 12.8. The largest absolute Gasteiger partial charge is 0.494 e. The van der Waals surface area contributed by atoms with Crippen molar-refractivity contribution in [3.63, 3.8) is 0 Å². The van der Waals surface area contributed by atoms with Crippen LogP contribution in [0.5, 0.6) is 5.75 Å². The molecule has 4 heteroatoms. The minimum Gasteiger partial charge on any atom is -0.494 e. The fourth-order valence-electron chi connectivity index (χ4n) is 2.92. The number of rotatable bonds is 6. The second kappa shape index (κ2) is 8.03. The fourth-order valence-corrected chi connectivity index (χ4v) is 2.92. The lowest BCUT2D eigenvalue weighted by molar-refractivity contribution is -0.134. The summed E-state index contributed by atoms with van der Waals surface area (Å²) in [5.41, 5.74) is 1.01. The van der Waals surface area contributed by atoms with Crippen molar-refractivity contribution in [3.05, 3.63) is 29.8 Å². The van der Waals surface area contributed by atoms with Crippen LogP contribution in [0.1, 0.15) is 38.2 Å². The zero-order valence-electron chi connectivity index (χ0n) is 12.8. The van der Waals surface area contributed by atoms with Crippen LogP contribution in [0.25, 0.3) is 0 Å². The van der Waals surface area contributed by atoms with Gasteiger partial charge >= 0.3 is 0 Å². The smallest absolute Gasteiger partial charge is 0.227 e. The monoisotopic (exact) mass is 291 g/mol. The molecule has 0 aliphatic carbocycles. The number of hydrogen-bond acceptors (Lipinski definition) is 3. The van der Waals surface area contributed by atoms with Crippen LogP contribution in [-0.2, 0) is 11.2 Å². The Kier molecular flexibility index (Phi) is 6.05. The lowest BCUT2D eigenvalue weighted by atomic mass is 9.98. The number of nitrogens with zero attached hydrogens (tertiary/aromatic N) is 1. The Labute approximate surface area is 126 Å². The van der Waals surface area contributed by atoms with E-state index in [-0.39, 0.29) is 18.6 Å². The summed E-state index contributed by atoms with van der Waals surface area (Å²) in [5.74, 6) is 1.00. The Bertz CT molecular complexity index is 442. The Balaban J connectivity index is 1.95. The van der Waals surface area contributed by atoms with Crippen LogP contribution < -0.4 is 4.74 Å². The van der Waals surface area contributed by atoms with E-state index in [2.05, 4.69) is 0 Å². The van der Waals surface area contributed by atoms with Crippen molar-refractivity contribution in [1.82, 2.24) is 4.90 Å². The average Bonchev–Trinajstić information content (AvgIpc) is 2.50. The molecular formula is C17H25NO3. The van der Waals surface area contributed by atoms with Crippen molar-refractivity contribution in [3.8, 4) is 5.75 Å². The number of amides is 1. The van der Waals surface area contributed by atoms with Crippen LogP contribution >= 0.6 is 0 Å². The van der Waals surface area contributed by atoms with Crippen molar-refractivity contribution < 1.29 is 14.6 Å². The van der Waals surface area contributed by atoms with Gasteiger partial charge in [0.05, 0.1) is 13.0 Å². The molecule has 21 heavy (non-hydrogen) atoms. The molecule has 1 atom stereocenters. The highest BCUT2D eigenvalue weighted by Crippen LogP contribution is 2.21. The van der Waals surface area contributed by atoms with Gasteiger partial charge in [-0.3, -0.25) is 4.79 Å². The number of carbonyl (C=O) groups is 1. The maximum atomic E-state index is 12.5. The van der Waals surface area contributed by atoms with E-state index in [1.54, 1.807) is 0 Å². The number of likely N-dealkylation sites (tertiary alicyclic amines) is 1. The van der Waals surface area contributed by atoms with Crippen LogP contribution in [0.4, 0.5) is 0 Å². The molecule has 4 nitrogen and oxygen atoms in total. The van der Waals surface area contributed by atoms with Gasteiger partial charge in [0.2, 0.25) is 5.91 Å². The molecule has 1 fully saturated rings. The Morgan fingerprint density at radius 2 is 2.10 bits per heavy atom. The molecule has 2 rings (SSSR count). The molecule has 116 valence electrons. The Morgan fingerprint density at radius 3 is 2.76 bits per heavy atom. The highest BCUT2D eigenvalue weighted by molar-refractivity contribution is 5.79.